The molecule has 0 saturated carbocycles. The third-order valence-corrected chi connectivity index (χ3v) is 5.35. The molecule has 104 valence electrons. The minimum atomic E-state index is -0.593. The highest BCUT2D eigenvalue weighted by molar-refractivity contribution is 7.99. The van der Waals surface area contributed by atoms with Crippen molar-refractivity contribution >= 4 is 23.6 Å². The van der Waals surface area contributed by atoms with Crippen molar-refractivity contribution in [2.24, 2.45) is 11.3 Å². The van der Waals surface area contributed by atoms with Crippen LogP contribution in [0.5, 0.6) is 0 Å². The molecule has 3 unspecified atom stereocenters. The summed E-state index contributed by atoms with van der Waals surface area (Å²) in [6.07, 6.45) is 2.16. The van der Waals surface area contributed by atoms with Gasteiger partial charge < -0.3 is 5.11 Å². The molecule has 0 spiro atoms. The third kappa shape index (κ3) is 2.43. The van der Waals surface area contributed by atoms with Gasteiger partial charge in [-0.1, -0.05) is 13.8 Å². The normalized spacial score (nSPS) is 28.1. The first kappa shape index (κ1) is 15.5. The van der Waals surface area contributed by atoms with Crippen LogP contribution in [-0.2, 0) is 9.59 Å². The summed E-state index contributed by atoms with van der Waals surface area (Å²) >= 11 is 1.48. The van der Waals surface area contributed by atoms with Gasteiger partial charge in [-0.2, -0.15) is 11.8 Å². The molecule has 1 heterocycles. The fourth-order valence-electron chi connectivity index (χ4n) is 2.32. The first-order valence-electron chi connectivity index (χ1n) is 6.29. The monoisotopic (exact) mass is 273 g/mol. The maximum atomic E-state index is 12.5. The van der Waals surface area contributed by atoms with E-state index in [1.165, 1.54) is 16.7 Å². The van der Waals surface area contributed by atoms with Crippen LogP contribution in [0.2, 0.25) is 0 Å². The molecule has 4 nitrogen and oxygen atoms in total. The lowest BCUT2D eigenvalue weighted by Gasteiger charge is -2.31. The minimum Gasteiger partial charge on any atom is -0.395 e. The Kier molecular flexibility index (Phi) is 4.84. The molecule has 0 radical (unpaired) electrons. The highest BCUT2D eigenvalue weighted by atomic mass is 32.2. The molecule has 0 aromatic heterocycles. The summed E-state index contributed by atoms with van der Waals surface area (Å²) < 4.78 is 0. The van der Waals surface area contributed by atoms with Crippen LogP contribution in [0.15, 0.2) is 0 Å². The standard InChI is InChI=1S/C13H23NO3S/c1-8(2)13(4)6-11(16)14(12(13)17)9(3)10(7-15)18-5/h8-10,15H,6-7H2,1-5H3. The number of aliphatic hydroxyl groups excluding tert-OH is 1. The van der Waals surface area contributed by atoms with E-state index in [9.17, 15) is 14.7 Å². The van der Waals surface area contributed by atoms with Crippen molar-refractivity contribution in [3.05, 3.63) is 0 Å². The summed E-state index contributed by atoms with van der Waals surface area (Å²) in [4.78, 5) is 25.9. The molecule has 0 aromatic carbocycles. The number of hydrogen-bond acceptors (Lipinski definition) is 4. The zero-order valence-corrected chi connectivity index (χ0v) is 12.6. The molecule has 3 atom stereocenters. The van der Waals surface area contributed by atoms with Crippen molar-refractivity contribution in [2.45, 2.75) is 45.4 Å². The van der Waals surface area contributed by atoms with Gasteiger partial charge in [-0.15, -0.1) is 0 Å². The van der Waals surface area contributed by atoms with Gasteiger partial charge in [-0.05, 0) is 26.0 Å². The lowest BCUT2D eigenvalue weighted by atomic mass is 9.78. The highest BCUT2D eigenvalue weighted by Gasteiger charge is 2.52. The van der Waals surface area contributed by atoms with Gasteiger partial charge in [0.1, 0.15) is 0 Å². The zero-order chi connectivity index (χ0) is 14.1. The number of carbonyl (C=O) groups is 2. The molecule has 1 saturated heterocycles. The first-order valence-corrected chi connectivity index (χ1v) is 7.58. The van der Waals surface area contributed by atoms with Crippen LogP contribution in [0.4, 0.5) is 0 Å². The Morgan fingerprint density at radius 1 is 1.39 bits per heavy atom. The molecular formula is C13H23NO3S. The topological polar surface area (TPSA) is 57.6 Å². The molecule has 0 bridgehead atoms. The highest BCUT2D eigenvalue weighted by Crippen LogP contribution is 2.40. The smallest absolute Gasteiger partial charge is 0.236 e. The fourth-order valence-corrected chi connectivity index (χ4v) is 2.98. The quantitative estimate of drug-likeness (QED) is 0.772. The Bertz CT molecular complexity index is 341. The predicted octanol–water partition coefficient (Wildman–Crippen LogP) is 1.52. The van der Waals surface area contributed by atoms with Crippen LogP contribution in [0.3, 0.4) is 0 Å². The number of rotatable bonds is 5. The van der Waals surface area contributed by atoms with Crippen molar-refractivity contribution in [1.29, 1.82) is 0 Å². The van der Waals surface area contributed by atoms with E-state index in [2.05, 4.69) is 0 Å². The fraction of sp³-hybridized carbons (Fsp3) is 0.846. The summed E-state index contributed by atoms with van der Waals surface area (Å²) in [5.41, 5.74) is -0.593. The largest absolute Gasteiger partial charge is 0.395 e. The summed E-state index contributed by atoms with van der Waals surface area (Å²) in [5.74, 6) is -0.0771. The molecule has 0 aromatic rings. The Balaban J connectivity index is 2.98. The lowest BCUT2D eigenvalue weighted by molar-refractivity contribution is -0.144. The van der Waals surface area contributed by atoms with Crippen LogP contribution in [-0.4, -0.2) is 46.0 Å². The van der Waals surface area contributed by atoms with Gasteiger partial charge in [0.05, 0.1) is 18.1 Å². The van der Waals surface area contributed by atoms with E-state index >= 15 is 0 Å². The van der Waals surface area contributed by atoms with E-state index in [0.717, 1.165) is 0 Å². The van der Waals surface area contributed by atoms with Crippen LogP contribution >= 0.6 is 11.8 Å². The molecule has 1 fully saturated rings. The first-order chi connectivity index (χ1) is 8.29. The maximum absolute atomic E-state index is 12.5. The molecule has 1 N–H and O–H groups in total. The lowest BCUT2D eigenvalue weighted by Crippen LogP contribution is -2.47. The average Bonchev–Trinajstić information content (AvgIpc) is 2.52. The van der Waals surface area contributed by atoms with Gasteiger partial charge in [0.2, 0.25) is 11.8 Å². The van der Waals surface area contributed by atoms with Crippen LogP contribution in [0.25, 0.3) is 0 Å². The van der Waals surface area contributed by atoms with Gasteiger partial charge in [0.25, 0.3) is 0 Å². The van der Waals surface area contributed by atoms with Crippen molar-refractivity contribution in [3.63, 3.8) is 0 Å². The summed E-state index contributed by atoms with van der Waals surface area (Å²) in [5, 5.41) is 9.18. The van der Waals surface area contributed by atoms with E-state index in [-0.39, 0.29) is 42.1 Å². The molecule has 18 heavy (non-hydrogen) atoms. The maximum Gasteiger partial charge on any atom is 0.236 e. The molecule has 2 amide bonds. The molecule has 0 aliphatic carbocycles. The second-order valence-electron chi connectivity index (χ2n) is 5.52. The van der Waals surface area contributed by atoms with Gasteiger partial charge in [-0.25, -0.2) is 0 Å². The molecule has 1 aliphatic heterocycles. The Morgan fingerprint density at radius 2 is 1.94 bits per heavy atom. The second kappa shape index (κ2) is 5.61. The van der Waals surface area contributed by atoms with Gasteiger partial charge in [-0.3, -0.25) is 14.5 Å². The van der Waals surface area contributed by atoms with Crippen molar-refractivity contribution < 1.29 is 14.7 Å². The Labute approximate surface area is 113 Å². The Morgan fingerprint density at radius 3 is 2.28 bits per heavy atom. The van der Waals surface area contributed by atoms with Crippen LogP contribution < -0.4 is 0 Å². The van der Waals surface area contributed by atoms with Crippen molar-refractivity contribution in [2.75, 3.05) is 12.9 Å². The SMILES string of the molecule is CSC(CO)C(C)N1C(=O)CC(C)(C(C)C)C1=O. The van der Waals surface area contributed by atoms with E-state index in [1.807, 2.05) is 34.0 Å². The number of nitrogens with zero attached hydrogens (tertiary/aromatic N) is 1. The summed E-state index contributed by atoms with van der Waals surface area (Å²) in [6.45, 7) is 7.60. The molecule has 1 rings (SSSR count). The van der Waals surface area contributed by atoms with Gasteiger partial charge >= 0.3 is 0 Å². The molecular weight excluding hydrogens is 250 g/mol. The van der Waals surface area contributed by atoms with E-state index in [0.29, 0.717) is 0 Å². The Hall–Kier alpha value is -0.550. The summed E-state index contributed by atoms with van der Waals surface area (Å²) in [7, 11) is 0. The average molecular weight is 273 g/mol. The summed E-state index contributed by atoms with van der Waals surface area (Å²) in [6, 6.07) is -0.259. The number of carbonyl (C=O) groups excluding carboxylic acids is 2. The van der Waals surface area contributed by atoms with Crippen molar-refractivity contribution in [3.8, 4) is 0 Å². The number of aliphatic hydroxyl groups is 1. The van der Waals surface area contributed by atoms with E-state index in [1.54, 1.807) is 0 Å². The van der Waals surface area contributed by atoms with Crippen LogP contribution in [0.1, 0.15) is 34.1 Å². The van der Waals surface area contributed by atoms with Crippen molar-refractivity contribution in [1.82, 2.24) is 4.90 Å². The van der Waals surface area contributed by atoms with Gasteiger partial charge in [0, 0.05) is 11.7 Å². The number of amides is 2. The number of imide groups is 1. The van der Waals surface area contributed by atoms with Crippen LogP contribution in [0, 0.1) is 11.3 Å². The molecule has 5 heteroatoms. The zero-order valence-electron chi connectivity index (χ0n) is 11.8. The third-order valence-electron chi connectivity index (χ3n) is 4.20. The minimum absolute atomic E-state index is 0.0300. The number of hydrogen-bond donors (Lipinski definition) is 1. The number of likely N-dealkylation sites (tertiary alicyclic amines) is 1. The van der Waals surface area contributed by atoms with E-state index < -0.39 is 5.41 Å². The predicted molar refractivity (Wildman–Crippen MR) is 73.3 cm³/mol. The van der Waals surface area contributed by atoms with Gasteiger partial charge in [0.15, 0.2) is 0 Å². The number of thioether (sulfide) groups is 1. The van der Waals surface area contributed by atoms with E-state index in [4.69, 9.17) is 0 Å². The second-order valence-corrected chi connectivity index (χ2v) is 6.59. The molecule has 1 aliphatic rings.